The number of anilines is 3. The fourth-order valence-corrected chi connectivity index (χ4v) is 2.88. The first-order chi connectivity index (χ1) is 13.6. The normalized spacial score (nSPS) is 12.1. The molecule has 1 aliphatic heterocycles. The van der Waals surface area contributed by atoms with Gasteiger partial charge in [-0.3, -0.25) is 4.79 Å². The van der Waals surface area contributed by atoms with Gasteiger partial charge in [0.1, 0.15) is 5.82 Å². The van der Waals surface area contributed by atoms with Gasteiger partial charge in [-0.15, -0.1) is 0 Å². The molecule has 0 aliphatic carbocycles. The van der Waals surface area contributed by atoms with Gasteiger partial charge in [0.2, 0.25) is 6.79 Å². The van der Waals surface area contributed by atoms with E-state index in [0.717, 1.165) is 5.69 Å². The van der Waals surface area contributed by atoms with E-state index in [1.54, 1.807) is 36.5 Å². The molecule has 2 N–H and O–H groups in total. The summed E-state index contributed by atoms with van der Waals surface area (Å²) in [5.74, 6) is 2.24. The Kier molecular flexibility index (Phi) is 4.85. The largest absolute Gasteiger partial charge is 0.454 e. The molecule has 6 heteroatoms. The van der Waals surface area contributed by atoms with Crippen molar-refractivity contribution in [2.24, 2.45) is 0 Å². The molecule has 4 rings (SSSR count). The minimum Gasteiger partial charge on any atom is -0.454 e. The van der Waals surface area contributed by atoms with Crippen molar-refractivity contribution < 1.29 is 14.3 Å². The van der Waals surface area contributed by atoms with Crippen molar-refractivity contribution in [3.63, 3.8) is 0 Å². The van der Waals surface area contributed by atoms with Crippen LogP contribution in [0.1, 0.15) is 35.7 Å². The number of nitrogens with zero attached hydrogens (tertiary/aromatic N) is 1. The minimum absolute atomic E-state index is 0.200. The Bertz CT molecular complexity index is 983. The fraction of sp³-hybridized carbons (Fsp3) is 0.182. The first-order valence-corrected chi connectivity index (χ1v) is 9.12. The van der Waals surface area contributed by atoms with Crippen molar-refractivity contribution in [3.05, 3.63) is 71.9 Å². The molecule has 0 fully saturated rings. The lowest BCUT2D eigenvalue weighted by Crippen LogP contribution is -2.12. The van der Waals surface area contributed by atoms with Crippen molar-refractivity contribution in [1.82, 2.24) is 4.98 Å². The number of carbonyl (C=O) groups is 1. The zero-order valence-electron chi connectivity index (χ0n) is 15.7. The zero-order chi connectivity index (χ0) is 19.5. The van der Waals surface area contributed by atoms with Crippen LogP contribution < -0.4 is 20.1 Å². The van der Waals surface area contributed by atoms with Crippen LogP contribution in [0.3, 0.4) is 0 Å². The number of rotatable bonds is 5. The molecular formula is C22H21N3O3. The third kappa shape index (κ3) is 3.91. The summed E-state index contributed by atoms with van der Waals surface area (Å²) in [6, 6.07) is 17.0. The molecule has 1 aliphatic rings. The SMILES string of the molecule is CC(C)c1ccc(Nc2ccc(C(=O)Nc3ccc4c(c3)OCO4)cn2)cc1. The number of carbonyl (C=O) groups excluding carboxylic acids is 1. The smallest absolute Gasteiger partial charge is 0.257 e. The highest BCUT2D eigenvalue weighted by Gasteiger charge is 2.15. The molecule has 0 atom stereocenters. The summed E-state index contributed by atoms with van der Waals surface area (Å²) < 4.78 is 10.6. The van der Waals surface area contributed by atoms with Crippen LogP contribution in [0.25, 0.3) is 0 Å². The van der Waals surface area contributed by atoms with Gasteiger partial charge in [-0.1, -0.05) is 26.0 Å². The molecule has 28 heavy (non-hydrogen) atoms. The number of pyridine rings is 1. The van der Waals surface area contributed by atoms with Crippen LogP contribution in [0.15, 0.2) is 60.8 Å². The van der Waals surface area contributed by atoms with Crippen LogP contribution in [0, 0.1) is 0 Å². The van der Waals surface area contributed by atoms with Crippen LogP contribution in [-0.4, -0.2) is 17.7 Å². The van der Waals surface area contributed by atoms with Gasteiger partial charge in [0.05, 0.1) is 5.56 Å². The van der Waals surface area contributed by atoms with Gasteiger partial charge in [-0.2, -0.15) is 0 Å². The molecule has 0 bridgehead atoms. The third-order valence-corrected chi connectivity index (χ3v) is 4.51. The lowest BCUT2D eigenvalue weighted by atomic mass is 10.0. The quantitative estimate of drug-likeness (QED) is 0.661. The Morgan fingerprint density at radius 1 is 0.964 bits per heavy atom. The highest BCUT2D eigenvalue weighted by molar-refractivity contribution is 6.04. The summed E-state index contributed by atoms with van der Waals surface area (Å²) in [5.41, 5.74) is 3.35. The van der Waals surface area contributed by atoms with E-state index >= 15 is 0 Å². The van der Waals surface area contributed by atoms with Gasteiger partial charge >= 0.3 is 0 Å². The van der Waals surface area contributed by atoms with Crippen LogP contribution in [0.4, 0.5) is 17.2 Å². The van der Waals surface area contributed by atoms with E-state index in [4.69, 9.17) is 9.47 Å². The van der Waals surface area contributed by atoms with Crippen molar-refractivity contribution >= 4 is 23.1 Å². The van der Waals surface area contributed by atoms with Crippen LogP contribution in [-0.2, 0) is 0 Å². The second-order valence-corrected chi connectivity index (χ2v) is 6.86. The predicted molar refractivity (Wildman–Crippen MR) is 109 cm³/mol. The topological polar surface area (TPSA) is 72.5 Å². The Labute approximate surface area is 163 Å². The maximum absolute atomic E-state index is 12.4. The van der Waals surface area contributed by atoms with Crippen molar-refractivity contribution in [2.45, 2.75) is 19.8 Å². The number of nitrogens with one attached hydrogen (secondary N) is 2. The number of amides is 1. The standard InChI is InChI=1S/C22H21N3O3/c1-14(2)15-3-6-17(7-4-15)24-21-10-5-16(12-23-21)22(26)25-18-8-9-19-20(11-18)28-13-27-19/h3-12,14H,13H2,1-2H3,(H,23,24)(H,25,26). The van der Waals surface area contributed by atoms with Gasteiger partial charge in [0.15, 0.2) is 11.5 Å². The minimum atomic E-state index is -0.237. The Hall–Kier alpha value is -3.54. The summed E-state index contributed by atoms with van der Waals surface area (Å²) in [7, 11) is 0. The van der Waals surface area contributed by atoms with E-state index in [9.17, 15) is 4.79 Å². The van der Waals surface area contributed by atoms with Crippen molar-refractivity contribution in [2.75, 3.05) is 17.4 Å². The molecule has 1 aromatic heterocycles. The first kappa shape index (κ1) is 17.9. The highest BCUT2D eigenvalue weighted by atomic mass is 16.7. The monoisotopic (exact) mass is 375 g/mol. The number of ether oxygens (including phenoxy) is 2. The molecule has 3 aromatic rings. The number of fused-ring (bicyclic) bond motifs is 1. The van der Waals surface area contributed by atoms with E-state index in [1.165, 1.54) is 5.56 Å². The van der Waals surface area contributed by atoms with E-state index in [0.29, 0.717) is 34.5 Å². The second-order valence-electron chi connectivity index (χ2n) is 6.86. The molecule has 142 valence electrons. The van der Waals surface area contributed by atoms with Gasteiger partial charge in [0, 0.05) is 23.6 Å². The Balaban J connectivity index is 1.40. The first-order valence-electron chi connectivity index (χ1n) is 9.12. The molecule has 2 heterocycles. The van der Waals surface area contributed by atoms with Crippen LogP contribution in [0.5, 0.6) is 11.5 Å². The highest BCUT2D eigenvalue weighted by Crippen LogP contribution is 2.34. The van der Waals surface area contributed by atoms with E-state index in [2.05, 4.69) is 41.6 Å². The number of aromatic nitrogens is 1. The number of benzene rings is 2. The third-order valence-electron chi connectivity index (χ3n) is 4.51. The number of hydrogen-bond donors (Lipinski definition) is 2. The van der Waals surface area contributed by atoms with Crippen molar-refractivity contribution in [1.29, 1.82) is 0 Å². The summed E-state index contributed by atoms with van der Waals surface area (Å²) in [5, 5.41) is 6.08. The fourth-order valence-electron chi connectivity index (χ4n) is 2.88. The van der Waals surface area contributed by atoms with E-state index in [-0.39, 0.29) is 12.7 Å². The molecular weight excluding hydrogens is 354 g/mol. The Morgan fingerprint density at radius 3 is 2.43 bits per heavy atom. The average molecular weight is 375 g/mol. The van der Waals surface area contributed by atoms with E-state index < -0.39 is 0 Å². The summed E-state index contributed by atoms with van der Waals surface area (Å²) >= 11 is 0. The molecule has 1 amide bonds. The molecule has 6 nitrogen and oxygen atoms in total. The van der Waals surface area contributed by atoms with Crippen LogP contribution >= 0.6 is 0 Å². The zero-order valence-corrected chi connectivity index (χ0v) is 15.7. The average Bonchev–Trinajstić information content (AvgIpc) is 3.17. The lowest BCUT2D eigenvalue weighted by Gasteiger charge is -2.10. The van der Waals surface area contributed by atoms with Gasteiger partial charge < -0.3 is 20.1 Å². The summed E-state index contributed by atoms with van der Waals surface area (Å²) in [6.45, 7) is 4.53. The van der Waals surface area contributed by atoms with Crippen LogP contribution in [0.2, 0.25) is 0 Å². The lowest BCUT2D eigenvalue weighted by molar-refractivity contribution is 0.102. The molecule has 0 radical (unpaired) electrons. The molecule has 0 spiro atoms. The maximum Gasteiger partial charge on any atom is 0.257 e. The molecule has 0 unspecified atom stereocenters. The molecule has 2 aromatic carbocycles. The van der Waals surface area contributed by atoms with Crippen molar-refractivity contribution in [3.8, 4) is 11.5 Å². The summed E-state index contributed by atoms with van der Waals surface area (Å²) in [6.07, 6.45) is 1.55. The predicted octanol–water partition coefficient (Wildman–Crippen LogP) is 4.93. The van der Waals surface area contributed by atoms with Gasteiger partial charge in [0.25, 0.3) is 5.91 Å². The van der Waals surface area contributed by atoms with Gasteiger partial charge in [-0.05, 0) is 47.9 Å². The van der Waals surface area contributed by atoms with E-state index in [1.807, 2.05) is 12.1 Å². The maximum atomic E-state index is 12.4. The summed E-state index contributed by atoms with van der Waals surface area (Å²) in [4.78, 5) is 16.8. The number of hydrogen-bond acceptors (Lipinski definition) is 5. The molecule has 0 saturated heterocycles. The Morgan fingerprint density at radius 2 is 1.71 bits per heavy atom. The molecule has 0 saturated carbocycles. The second kappa shape index (κ2) is 7.60. The van der Waals surface area contributed by atoms with Gasteiger partial charge in [-0.25, -0.2) is 4.98 Å².